The molecule has 0 fully saturated rings. The predicted octanol–water partition coefficient (Wildman–Crippen LogP) is 10.7. The molecule has 0 spiro atoms. The summed E-state index contributed by atoms with van der Waals surface area (Å²) < 4.78 is 4.81. The van der Waals surface area contributed by atoms with E-state index in [1.54, 1.807) is 0 Å². The number of rotatable bonds is 2. The lowest BCUT2D eigenvalue weighted by Gasteiger charge is -2.15. The van der Waals surface area contributed by atoms with E-state index < -0.39 is 0 Å². The van der Waals surface area contributed by atoms with Gasteiger partial charge in [0.05, 0.1) is 27.6 Å². The van der Waals surface area contributed by atoms with E-state index in [-0.39, 0.29) is 0 Å². The Morgan fingerprint density at radius 2 is 1.16 bits per heavy atom. The van der Waals surface area contributed by atoms with E-state index in [1.165, 1.54) is 54.5 Å². The molecular weight excluding hydrogens is 534 g/mol. The van der Waals surface area contributed by atoms with Crippen molar-refractivity contribution in [1.82, 2.24) is 14.0 Å². The quantitative estimate of drug-likeness (QED) is 0.193. The standard InChI is InChI=1S/C41H25N3/c1-2-11-27-24-29(21-20-26(27)10-1)28-12-9-13-30(25-28)43-36-18-7-5-14-31(36)33-22-23-38-39(40(33)43)32-15-3-4-16-34(32)41-42-35-17-6-8-19-37(35)44(38)41/h1-25H. The number of hydrogen-bond donors (Lipinski definition) is 0. The molecule has 0 saturated carbocycles. The van der Waals surface area contributed by atoms with Crippen LogP contribution >= 0.6 is 0 Å². The molecule has 44 heavy (non-hydrogen) atoms. The molecule has 0 aliphatic heterocycles. The molecular formula is C41H25N3. The molecule has 0 aliphatic rings. The van der Waals surface area contributed by atoms with Gasteiger partial charge >= 0.3 is 0 Å². The average molecular weight is 560 g/mol. The first-order valence-corrected chi connectivity index (χ1v) is 15.1. The Labute approximate surface area is 252 Å². The highest BCUT2D eigenvalue weighted by molar-refractivity contribution is 6.27. The Balaban J connectivity index is 1.37. The lowest BCUT2D eigenvalue weighted by molar-refractivity contribution is 1.19. The molecule has 0 aliphatic carbocycles. The van der Waals surface area contributed by atoms with E-state index in [2.05, 4.69) is 161 Å². The fourth-order valence-electron chi connectivity index (χ4n) is 7.31. The zero-order valence-electron chi connectivity index (χ0n) is 23.8. The number of para-hydroxylation sites is 3. The highest BCUT2D eigenvalue weighted by Gasteiger charge is 2.20. The molecule has 0 N–H and O–H groups in total. The van der Waals surface area contributed by atoms with E-state index in [0.29, 0.717) is 0 Å². The van der Waals surface area contributed by atoms with Crippen LogP contribution in [0.4, 0.5) is 0 Å². The first kappa shape index (κ1) is 23.6. The third-order valence-corrected chi connectivity index (χ3v) is 9.24. The van der Waals surface area contributed by atoms with Crippen LogP contribution in [0.2, 0.25) is 0 Å². The summed E-state index contributed by atoms with van der Waals surface area (Å²) in [4.78, 5) is 5.12. The van der Waals surface area contributed by atoms with Gasteiger partial charge < -0.3 is 4.57 Å². The highest BCUT2D eigenvalue weighted by Crippen LogP contribution is 2.41. The number of benzene rings is 7. The second-order valence-corrected chi connectivity index (χ2v) is 11.6. The van der Waals surface area contributed by atoms with Gasteiger partial charge in [0.25, 0.3) is 0 Å². The van der Waals surface area contributed by atoms with E-state index in [9.17, 15) is 0 Å². The number of pyridine rings is 1. The zero-order chi connectivity index (χ0) is 28.8. The molecule has 3 heteroatoms. The van der Waals surface area contributed by atoms with Crippen LogP contribution in [0.25, 0.3) is 87.7 Å². The molecule has 3 nitrogen and oxygen atoms in total. The molecule has 10 rings (SSSR count). The molecule has 0 bridgehead atoms. The van der Waals surface area contributed by atoms with Crippen LogP contribution in [0.3, 0.4) is 0 Å². The Hall–Kier alpha value is -5.93. The number of imidazole rings is 1. The fraction of sp³-hybridized carbons (Fsp3) is 0. The first-order chi connectivity index (χ1) is 21.8. The maximum absolute atomic E-state index is 5.12. The molecule has 10 aromatic rings. The molecule has 0 amide bonds. The summed E-state index contributed by atoms with van der Waals surface area (Å²) in [7, 11) is 0. The van der Waals surface area contributed by atoms with Gasteiger partial charge in [0.15, 0.2) is 0 Å². The first-order valence-electron chi connectivity index (χ1n) is 15.1. The minimum absolute atomic E-state index is 0.995. The third-order valence-electron chi connectivity index (χ3n) is 9.24. The van der Waals surface area contributed by atoms with Gasteiger partial charge in [-0.1, -0.05) is 109 Å². The summed E-state index contributed by atoms with van der Waals surface area (Å²) in [6.45, 7) is 0. The molecule has 0 atom stereocenters. The molecule has 3 aromatic heterocycles. The smallest absolute Gasteiger partial charge is 0.146 e. The molecule has 0 unspecified atom stereocenters. The number of aromatic nitrogens is 3. The van der Waals surface area contributed by atoms with E-state index in [4.69, 9.17) is 4.98 Å². The van der Waals surface area contributed by atoms with Crippen molar-refractivity contribution in [2.75, 3.05) is 0 Å². The largest absolute Gasteiger partial charge is 0.309 e. The van der Waals surface area contributed by atoms with Crippen LogP contribution < -0.4 is 0 Å². The summed E-state index contributed by atoms with van der Waals surface area (Å²) in [5.74, 6) is 0. The van der Waals surface area contributed by atoms with Gasteiger partial charge in [-0.3, -0.25) is 4.40 Å². The molecule has 204 valence electrons. The van der Waals surface area contributed by atoms with Crippen LogP contribution in [0, 0.1) is 0 Å². The summed E-state index contributed by atoms with van der Waals surface area (Å²) in [5, 5.41) is 8.61. The second-order valence-electron chi connectivity index (χ2n) is 11.6. The van der Waals surface area contributed by atoms with Crippen LogP contribution in [0.15, 0.2) is 152 Å². The monoisotopic (exact) mass is 559 g/mol. The fourth-order valence-corrected chi connectivity index (χ4v) is 7.31. The van der Waals surface area contributed by atoms with Crippen molar-refractivity contribution in [1.29, 1.82) is 0 Å². The van der Waals surface area contributed by atoms with E-state index in [0.717, 1.165) is 33.3 Å². The SMILES string of the molecule is c1cc(-c2ccc3ccccc3c2)cc(-n2c3ccccc3c3ccc4c(c5ccccc5c5nc6ccccc6n45)c32)c1. The van der Waals surface area contributed by atoms with Crippen molar-refractivity contribution in [3.8, 4) is 16.8 Å². The Bertz CT molecular complexity index is 2780. The van der Waals surface area contributed by atoms with Gasteiger partial charge in [0.1, 0.15) is 5.65 Å². The van der Waals surface area contributed by atoms with Crippen LogP contribution in [-0.4, -0.2) is 14.0 Å². The van der Waals surface area contributed by atoms with Crippen molar-refractivity contribution < 1.29 is 0 Å². The van der Waals surface area contributed by atoms with E-state index in [1.807, 2.05) is 0 Å². The number of nitrogens with zero attached hydrogens (tertiary/aromatic N) is 3. The normalized spacial score (nSPS) is 12.1. The number of hydrogen-bond acceptors (Lipinski definition) is 1. The zero-order valence-corrected chi connectivity index (χ0v) is 23.8. The second kappa shape index (κ2) is 8.79. The van der Waals surface area contributed by atoms with Crippen molar-refractivity contribution in [3.05, 3.63) is 152 Å². The van der Waals surface area contributed by atoms with Crippen LogP contribution in [0.1, 0.15) is 0 Å². The number of fused-ring (bicyclic) bond motifs is 13. The van der Waals surface area contributed by atoms with Crippen molar-refractivity contribution in [3.63, 3.8) is 0 Å². The van der Waals surface area contributed by atoms with Crippen LogP contribution in [-0.2, 0) is 0 Å². The van der Waals surface area contributed by atoms with Crippen molar-refractivity contribution in [2.24, 2.45) is 0 Å². The minimum atomic E-state index is 0.995. The van der Waals surface area contributed by atoms with Gasteiger partial charge in [-0.2, -0.15) is 0 Å². The predicted molar refractivity (Wildman–Crippen MR) is 185 cm³/mol. The minimum Gasteiger partial charge on any atom is -0.309 e. The van der Waals surface area contributed by atoms with Gasteiger partial charge in [0.2, 0.25) is 0 Å². The van der Waals surface area contributed by atoms with Crippen molar-refractivity contribution >= 4 is 70.9 Å². The summed E-state index contributed by atoms with van der Waals surface area (Å²) in [5.41, 5.74) is 10.3. The molecule has 7 aromatic carbocycles. The maximum atomic E-state index is 5.12. The maximum Gasteiger partial charge on any atom is 0.146 e. The van der Waals surface area contributed by atoms with Gasteiger partial charge in [-0.15, -0.1) is 0 Å². The Morgan fingerprint density at radius 3 is 2.07 bits per heavy atom. The summed E-state index contributed by atoms with van der Waals surface area (Å²) in [6.07, 6.45) is 0. The van der Waals surface area contributed by atoms with Gasteiger partial charge in [-0.05, 0) is 69.8 Å². The lowest BCUT2D eigenvalue weighted by atomic mass is 10.0. The van der Waals surface area contributed by atoms with Gasteiger partial charge in [-0.25, -0.2) is 4.98 Å². The van der Waals surface area contributed by atoms with E-state index >= 15 is 0 Å². The molecule has 0 radical (unpaired) electrons. The summed E-state index contributed by atoms with van der Waals surface area (Å²) in [6, 6.07) is 54.8. The third kappa shape index (κ3) is 3.18. The van der Waals surface area contributed by atoms with Crippen molar-refractivity contribution in [2.45, 2.75) is 0 Å². The average Bonchev–Trinajstić information content (AvgIpc) is 3.65. The molecule has 0 saturated heterocycles. The van der Waals surface area contributed by atoms with Gasteiger partial charge in [0, 0.05) is 27.2 Å². The Kier molecular flexibility index (Phi) is 4.72. The topological polar surface area (TPSA) is 22.2 Å². The highest BCUT2D eigenvalue weighted by atomic mass is 15.0. The summed E-state index contributed by atoms with van der Waals surface area (Å²) >= 11 is 0. The molecule has 3 heterocycles. The lowest BCUT2D eigenvalue weighted by Crippen LogP contribution is -1.97. The van der Waals surface area contributed by atoms with Crippen LogP contribution in [0.5, 0.6) is 0 Å². The Morgan fingerprint density at radius 1 is 0.432 bits per heavy atom.